The molecule has 2 aromatic heterocycles. The molecule has 0 aliphatic carbocycles. The van der Waals surface area contributed by atoms with E-state index < -0.39 is 24.8 Å². The van der Waals surface area contributed by atoms with Crippen molar-refractivity contribution in [2.24, 2.45) is 7.05 Å². The van der Waals surface area contributed by atoms with Crippen molar-refractivity contribution in [1.82, 2.24) is 0 Å². The first-order valence-electron chi connectivity index (χ1n) is 14.7. The molecule has 6 rings (SSSR count). The molecule has 0 bridgehead atoms. The normalized spacial score (nSPS) is 13.9. The topological polar surface area (TPSA) is 40.8 Å². The van der Waals surface area contributed by atoms with Crippen molar-refractivity contribution in [1.29, 1.82) is 5.26 Å². The molecule has 0 spiro atoms. The van der Waals surface area contributed by atoms with Gasteiger partial charge in [0.1, 0.15) is 25.4 Å². The summed E-state index contributed by atoms with van der Waals surface area (Å²) in [6.45, 7) is -0.661. The number of pyridine rings is 1. The average Bonchev–Trinajstić information content (AvgIpc) is 3.38. The van der Waals surface area contributed by atoms with Crippen LogP contribution in [0.25, 0.3) is 55.4 Å². The van der Waals surface area contributed by atoms with Gasteiger partial charge in [-0.2, -0.15) is 5.26 Å². The predicted molar refractivity (Wildman–Crippen MR) is 145 cm³/mol. The lowest BCUT2D eigenvalue weighted by atomic mass is 9.92. The SMILES string of the molecule is [2H]c1c(F)c([2H])c(-c2c(C)ccc3c2oc2c(-c4ccc(-c5ccccc5)c(C([2H])([2H])[2H])c4)c(C#N)ccc23)[n+](C)c1[2H]. The fourth-order valence-corrected chi connectivity index (χ4v) is 4.88. The Hall–Kier alpha value is -4.75. The minimum atomic E-state index is -2.44. The summed E-state index contributed by atoms with van der Waals surface area (Å²) in [4.78, 5) is 0. The monoisotopic (exact) mass is 489 g/mol. The van der Waals surface area contributed by atoms with E-state index in [2.05, 4.69) is 6.07 Å². The van der Waals surface area contributed by atoms with Gasteiger partial charge in [-0.15, -0.1) is 0 Å². The molecular weight excluding hydrogens is 459 g/mol. The molecular formula is C33H24FN2O+. The van der Waals surface area contributed by atoms with E-state index in [1.807, 2.05) is 42.5 Å². The van der Waals surface area contributed by atoms with E-state index >= 15 is 0 Å². The Morgan fingerprint density at radius 3 is 2.43 bits per heavy atom. The molecule has 0 unspecified atom stereocenters. The van der Waals surface area contributed by atoms with Gasteiger partial charge < -0.3 is 4.42 Å². The third kappa shape index (κ3) is 3.68. The highest BCUT2D eigenvalue weighted by Crippen LogP contribution is 2.42. The summed E-state index contributed by atoms with van der Waals surface area (Å²) >= 11 is 0. The van der Waals surface area contributed by atoms with Gasteiger partial charge in [0.2, 0.25) is 5.69 Å². The summed E-state index contributed by atoms with van der Waals surface area (Å²) < 4.78 is 72.1. The molecule has 0 fully saturated rings. The largest absolute Gasteiger partial charge is 0.454 e. The second-order valence-electron chi connectivity index (χ2n) is 8.92. The summed E-state index contributed by atoms with van der Waals surface area (Å²) in [5.41, 5.74) is 4.39. The van der Waals surface area contributed by atoms with Crippen molar-refractivity contribution in [3.8, 4) is 39.6 Å². The zero-order valence-electron chi connectivity index (χ0n) is 26.1. The van der Waals surface area contributed by atoms with Crippen LogP contribution in [-0.2, 0) is 7.05 Å². The zero-order valence-corrected chi connectivity index (χ0v) is 20.1. The van der Waals surface area contributed by atoms with E-state index in [-0.39, 0.29) is 23.0 Å². The Labute approximate surface area is 223 Å². The molecule has 0 aliphatic heterocycles. The van der Waals surface area contributed by atoms with Gasteiger partial charge in [-0.3, -0.25) is 0 Å². The Morgan fingerprint density at radius 2 is 1.68 bits per heavy atom. The first-order valence-corrected chi connectivity index (χ1v) is 11.7. The number of nitrogens with zero attached hydrogens (tertiary/aromatic N) is 2. The van der Waals surface area contributed by atoms with Crippen LogP contribution < -0.4 is 4.57 Å². The molecule has 37 heavy (non-hydrogen) atoms. The van der Waals surface area contributed by atoms with Crippen LogP contribution in [0.4, 0.5) is 4.39 Å². The fourth-order valence-electron chi connectivity index (χ4n) is 4.88. The van der Waals surface area contributed by atoms with Gasteiger partial charge in [0.15, 0.2) is 6.17 Å². The van der Waals surface area contributed by atoms with Crippen LogP contribution in [-0.4, -0.2) is 0 Å². The van der Waals surface area contributed by atoms with E-state index in [0.29, 0.717) is 49.8 Å². The van der Waals surface area contributed by atoms with Gasteiger partial charge in [0.25, 0.3) is 0 Å². The molecule has 2 heterocycles. The van der Waals surface area contributed by atoms with Gasteiger partial charge in [-0.05, 0) is 53.7 Å². The number of nitriles is 1. The van der Waals surface area contributed by atoms with E-state index in [4.69, 9.17) is 12.6 Å². The van der Waals surface area contributed by atoms with Crippen molar-refractivity contribution >= 4 is 21.9 Å². The third-order valence-corrected chi connectivity index (χ3v) is 6.67. The molecule has 0 atom stereocenters. The second kappa shape index (κ2) is 8.72. The number of benzene rings is 4. The lowest BCUT2D eigenvalue weighted by Crippen LogP contribution is -2.30. The average molecular weight is 490 g/mol. The van der Waals surface area contributed by atoms with Crippen LogP contribution in [0.5, 0.6) is 0 Å². The highest BCUT2D eigenvalue weighted by atomic mass is 19.1. The number of hydrogen-bond donors (Lipinski definition) is 0. The zero-order chi connectivity index (χ0) is 30.8. The molecule has 0 saturated carbocycles. The van der Waals surface area contributed by atoms with Crippen LogP contribution in [0.15, 0.2) is 95.5 Å². The quantitative estimate of drug-likeness (QED) is 0.236. The number of aromatic nitrogens is 1. The molecule has 0 radical (unpaired) electrons. The Bertz CT molecular complexity index is 2120. The standard InChI is InChI=1S/C33H24FN2O/c1-20-9-12-27-28-14-11-24(19-35)31(23-10-13-26(21(2)17-23)22-7-5-4-6-8-22)33(28)37-32(27)30(20)29-18-25(34)15-16-36(29)3/h4-18H,1-3H3/q+1/i2D3,15D,16D,18D. The first-order chi connectivity index (χ1) is 20.4. The molecule has 0 amide bonds. The van der Waals surface area contributed by atoms with Gasteiger partial charge in [0, 0.05) is 32.5 Å². The minimum Gasteiger partial charge on any atom is -0.454 e. The summed E-state index contributed by atoms with van der Waals surface area (Å²) in [5.74, 6) is -1.10. The molecule has 178 valence electrons. The summed E-state index contributed by atoms with van der Waals surface area (Å²) in [7, 11) is 1.50. The van der Waals surface area contributed by atoms with Crippen LogP contribution in [0.1, 0.15) is 24.9 Å². The van der Waals surface area contributed by atoms with E-state index in [0.717, 1.165) is 5.56 Å². The summed E-state index contributed by atoms with van der Waals surface area (Å²) in [6, 6.07) is 22.3. The molecule has 6 aromatic rings. The maximum Gasteiger partial charge on any atom is 0.219 e. The first kappa shape index (κ1) is 16.8. The summed E-state index contributed by atoms with van der Waals surface area (Å²) in [5, 5.41) is 11.4. The highest BCUT2D eigenvalue weighted by molar-refractivity contribution is 6.14. The van der Waals surface area contributed by atoms with Crippen molar-refractivity contribution in [2.75, 3.05) is 0 Å². The van der Waals surface area contributed by atoms with Crippen molar-refractivity contribution < 1.29 is 21.6 Å². The highest BCUT2D eigenvalue weighted by Gasteiger charge is 2.23. The lowest BCUT2D eigenvalue weighted by molar-refractivity contribution is -0.660. The maximum atomic E-state index is 14.9. The minimum absolute atomic E-state index is 0.0830. The molecule has 0 N–H and O–H groups in total. The number of fused-ring (bicyclic) bond motifs is 3. The van der Waals surface area contributed by atoms with Gasteiger partial charge >= 0.3 is 0 Å². The van der Waals surface area contributed by atoms with Crippen LogP contribution in [0.3, 0.4) is 0 Å². The van der Waals surface area contributed by atoms with E-state index in [1.54, 1.807) is 37.3 Å². The Kier molecular flexibility index (Phi) is 3.97. The Balaban J connectivity index is 1.69. The number of halogens is 1. The van der Waals surface area contributed by atoms with Crippen LogP contribution in [0, 0.1) is 30.9 Å². The number of rotatable bonds is 3. The number of furan rings is 1. The predicted octanol–water partition coefficient (Wildman–Crippen LogP) is 8.04. The van der Waals surface area contributed by atoms with Crippen LogP contribution >= 0.6 is 0 Å². The molecule has 4 aromatic carbocycles. The van der Waals surface area contributed by atoms with Gasteiger partial charge in [-0.25, -0.2) is 8.96 Å². The lowest BCUT2D eigenvalue weighted by Gasteiger charge is -2.11. The van der Waals surface area contributed by atoms with Crippen LogP contribution in [0.2, 0.25) is 0 Å². The number of aryl methyl sites for hydroxylation is 2. The van der Waals surface area contributed by atoms with Gasteiger partial charge in [-0.1, -0.05) is 60.7 Å². The second-order valence-corrected chi connectivity index (χ2v) is 8.92. The molecule has 0 saturated heterocycles. The third-order valence-electron chi connectivity index (χ3n) is 6.67. The maximum absolute atomic E-state index is 14.9. The smallest absolute Gasteiger partial charge is 0.219 e. The molecule has 3 nitrogen and oxygen atoms in total. The Morgan fingerprint density at radius 1 is 0.919 bits per heavy atom. The number of hydrogen-bond acceptors (Lipinski definition) is 2. The van der Waals surface area contributed by atoms with Crippen molar-refractivity contribution in [2.45, 2.75) is 13.8 Å². The van der Waals surface area contributed by atoms with Crippen molar-refractivity contribution in [3.63, 3.8) is 0 Å². The van der Waals surface area contributed by atoms with Gasteiger partial charge in [0.05, 0.1) is 19.9 Å². The van der Waals surface area contributed by atoms with Crippen molar-refractivity contribution in [3.05, 3.63) is 114 Å². The molecule has 4 heteroatoms. The molecule has 0 aliphatic rings. The van der Waals surface area contributed by atoms with E-state index in [9.17, 15) is 9.65 Å². The van der Waals surface area contributed by atoms with E-state index in [1.165, 1.54) is 11.6 Å². The summed E-state index contributed by atoms with van der Waals surface area (Å²) in [6.07, 6.45) is -0.390. The fraction of sp³-hybridized carbons (Fsp3) is 0.0909.